The first-order valence-corrected chi connectivity index (χ1v) is 2.84. The highest BCUT2D eigenvalue weighted by molar-refractivity contribution is 4.87. The van der Waals surface area contributed by atoms with Crippen molar-refractivity contribution < 1.29 is 0 Å². The number of imidazole rings is 1. The maximum absolute atomic E-state index is 3.77. The fourth-order valence-electron chi connectivity index (χ4n) is 0.325. The average molecular weight is 112 g/mol. The Morgan fingerprint density at radius 3 is 2.25 bits per heavy atom. The maximum atomic E-state index is 3.77. The summed E-state index contributed by atoms with van der Waals surface area (Å²) in [6.45, 7) is 5.97. The largest absolute Gasteiger partial charge is 0.349 e. The molecule has 0 aliphatic heterocycles. The minimum atomic E-state index is 1.11. The molecule has 0 atom stereocenters. The molecule has 0 aromatic carbocycles. The second-order valence-corrected chi connectivity index (χ2v) is 1.23. The molecule has 0 saturated heterocycles. The smallest absolute Gasteiger partial charge is 0.0921 e. The van der Waals surface area contributed by atoms with Crippen molar-refractivity contribution in [1.82, 2.24) is 9.97 Å². The van der Waals surface area contributed by atoms with E-state index in [1.165, 1.54) is 0 Å². The van der Waals surface area contributed by atoms with E-state index in [1.54, 1.807) is 12.5 Å². The molecule has 1 rings (SSSR count). The van der Waals surface area contributed by atoms with Crippen LogP contribution in [0.25, 0.3) is 0 Å². The number of hydrogen-bond donors (Lipinski definition) is 1. The third kappa shape index (κ3) is 2.39. The number of nitrogens with zero attached hydrogens (tertiary/aromatic N) is 1. The van der Waals surface area contributed by atoms with Crippen molar-refractivity contribution in [2.24, 2.45) is 0 Å². The summed E-state index contributed by atoms with van der Waals surface area (Å²) in [7, 11) is 0. The summed E-state index contributed by atoms with van der Waals surface area (Å²) in [5.74, 6) is 0. The van der Waals surface area contributed by atoms with Crippen LogP contribution in [0.15, 0.2) is 12.5 Å². The fraction of sp³-hybridized carbons (Fsp3) is 0.500. The summed E-state index contributed by atoms with van der Waals surface area (Å²) < 4.78 is 0. The fourth-order valence-corrected chi connectivity index (χ4v) is 0.325. The van der Waals surface area contributed by atoms with E-state index in [0.29, 0.717) is 0 Å². The monoisotopic (exact) mass is 112 g/mol. The lowest BCUT2D eigenvalue weighted by molar-refractivity contribution is 1.25. The van der Waals surface area contributed by atoms with E-state index in [-0.39, 0.29) is 0 Å². The van der Waals surface area contributed by atoms with Crippen LogP contribution in [0, 0.1) is 6.92 Å². The number of aromatic nitrogens is 2. The molecule has 2 heteroatoms. The van der Waals surface area contributed by atoms with Gasteiger partial charge in [-0.05, 0) is 6.92 Å². The van der Waals surface area contributed by atoms with Crippen LogP contribution in [0.2, 0.25) is 0 Å². The number of rotatable bonds is 0. The Kier molecular flexibility index (Phi) is 3.94. The first-order valence-electron chi connectivity index (χ1n) is 2.84. The first-order chi connectivity index (χ1) is 3.89. The van der Waals surface area contributed by atoms with Crippen LogP contribution in [-0.4, -0.2) is 9.97 Å². The lowest BCUT2D eigenvalue weighted by Gasteiger charge is -1.67. The van der Waals surface area contributed by atoms with Crippen molar-refractivity contribution in [3.63, 3.8) is 0 Å². The molecule has 0 amide bonds. The second-order valence-electron chi connectivity index (χ2n) is 1.23. The molecule has 1 N–H and O–H groups in total. The Balaban J connectivity index is 0.000000222. The normalized spacial score (nSPS) is 7.38. The zero-order valence-electron chi connectivity index (χ0n) is 5.60. The molecule has 46 valence electrons. The summed E-state index contributed by atoms with van der Waals surface area (Å²) in [5.41, 5.74) is 1.11. The molecule has 0 radical (unpaired) electrons. The Morgan fingerprint density at radius 2 is 2.12 bits per heavy atom. The van der Waals surface area contributed by atoms with Crippen LogP contribution in [0.4, 0.5) is 0 Å². The van der Waals surface area contributed by atoms with E-state index in [9.17, 15) is 0 Å². The predicted octanol–water partition coefficient (Wildman–Crippen LogP) is 1.74. The van der Waals surface area contributed by atoms with Gasteiger partial charge in [0.05, 0.1) is 6.33 Å². The predicted molar refractivity (Wildman–Crippen MR) is 34.7 cm³/mol. The Labute approximate surface area is 50.0 Å². The van der Waals surface area contributed by atoms with Crippen molar-refractivity contribution in [3.05, 3.63) is 18.2 Å². The summed E-state index contributed by atoms with van der Waals surface area (Å²) >= 11 is 0. The third-order valence-electron chi connectivity index (χ3n) is 0.635. The Hall–Kier alpha value is -0.790. The Bertz CT molecular complexity index is 110. The van der Waals surface area contributed by atoms with E-state index >= 15 is 0 Å². The highest BCUT2D eigenvalue weighted by atomic mass is 14.8. The van der Waals surface area contributed by atoms with Crippen molar-refractivity contribution in [3.8, 4) is 0 Å². The minimum Gasteiger partial charge on any atom is -0.349 e. The molecule has 1 aromatic heterocycles. The Morgan fingerprint density at radius 1 is 1.50 bits per heavy atom. The topological polar surface area (TPSA) is 28.7 Å². The maximum Gasteiger partial charge on any atom is 0.0921 e. The van der Waals surface area contributed by atoms with Gasteiger partial charge in [-0.1, -0.05) is 13.8 Å². The van der Waals surface area contributed by atoms with Crippen LogP contribution in [0.3, 0.4) is 0 Å². The lowest BCUT2D eigenvalue weighted by Crippen LogP contribution is -1.59. The molecule has 1 heterocycles. The SMILES string of the molecule is CC.Cc1cnc[nH]1. The first kappa shape index (κ1) is 7.21. The molecule has 2 nitrogen and oxygen atoms in total. The number of aromatic amines is 1. The summed E-state index contributed by atoms with van der Waals surface area (Å²) in [4.78, 5) is 6.66. The standard InChI is InChI=1S/C4H6N2.C2H6/c1-4-2-5-3-6-4;1-2/h2-3H,1H3,(H,5,6);1-2H3. The van der Waals surface area contributed by atoms with Crippen molar-refractivity contribution in [2.45, 2.75) is 20.8 Å². The zero-order chi connectivity index (χ0) is 6.41. The minimum absolute atomic E-state index is 1.11. The molecule has 0 aliphatic carbocycles. The quantitative estimate of drug-likeness (QED) is 0.544. The highest BCUT2D eigenvalue weighted by Crippen LogP contribution is 1.81. The van der Waals surface area contributed by atoms with Crippen LogP contribution in [0.1, 0.15) is 19.5 Å². The van der Waals surface area contributed by atoms with Gasteiger partial charge in [0.25, 0.3) is 0 Å². The van der Waals surface area contributed by atoms with Gasteiger partial charge in [-0.15, -0.1) is 0 Å². The molecular formula is C6H12N2. The van der Waals surface area contributed by atoms with E-state index in [0.717, 1.165) is 5.69 Å². The van der Waals surface area contributed by atoms with Crippen LogP contribution < -0.4 is 0 Å². The third-order valence-corrected chi connectivity index (χ3v) is 0.635. The van der Waals surface area contributed by atoms with Gasteiger partial charge in [-0.25, -0.2) is 4.98 Å². The van der Waals surface area contributed by atoms with Crippen LogP contribution in [0.5, 0.6) is 0 Å². The second kappa shape index (κ2) is 4.37. The van der Waals surface area contributed by atoms with Gasteiger partial charge in [0.15, 0.2) is 0 Å². The van der Waals surface area contributed by atoms with E-state index < -0.39 is 0 Å². The molecule has 0 unspecified atom stereocenters. The van der Waals surface area contributed by atoms with Gasteiger partial charge in [0.1, 0.15) is 0 Å². The number of H-pyrrole nitrogens is 1. The van der Waals surface area contributed by atoms with Crippen molar-refractivity contribution in [1.29, 1.82) is 0 Å². The van der Waals surface area contributed by atoms with Crippen LogP contribution >= 0.6 is 0 Å². The molecule has 0 saturated carbocycles. The molecule has 1 aromatic rings. The summed E-state index contributed by atoms with van der Waals surface area (Å²) in [6.07, 6.45) is 3.44. The van der Waals surface area contributed by atoms with Crippen molar-refractivity contribution >= 4 is 0 Å². The molecule has 8 heavy (non-hydrogen) atoms. The molecule has 0 fully saturated rings. The lowest BCUT2D eigenvalue weighted by atomic mass is 10.6. The van der Waals surface area contributed by atoms with Crippen LogP contribution in [-0.2, 0) is 0 Å². The van der Waals surface area contributed by atoms with E-state index in [4.69, 9.17) is 0 Å². The molecule has 0 aliphatic rings. The van der Waals surface area contributed by atoms with Gasteiger partial charge in [-0.3, -0.25) is 0 Å². The van der Waals surface area contributed by atoms with E-state index in [1.807, 2.05) is 20.8 Å². The molecule has 0 bridgehead atoms. The van der Waals surface area contributed by atoms with Gasteiger partial charge >= 0.3 is 0 Å². The van der Waals surface area contributed by atoms with Gasteiger partial charge in [0, 0.05) is 11.9 Å². The molecule has 0 spiro atoms. The van der Waals surface area contributed by atoms with Crippen molar-refractivity contribution in [2.75, 3.05) is 0 Å². The number of hydrogen-bond acceptors (Lipinski definition) is 1. The summed E-state index contributed by atoms with van der Waals surface area (Å²) in [5, 5.41) is 0. The summed E-state index contributed by atoms with van der Waals surface area (Å²) in [6, 6.07) is 0. The van der Waals surface area contributed by atoms with Gasteiger partial charge in [-0.2, -0.15) is 0 Å². The van der Waals surface area contributed by atoms with Gasteiger partial charge < -0.3 is 4.98 Å². The highest BCUT2D eigenvalue weighted by Gasteiger charge is 1.73. The number of nitrogens with one attached hydrogen (secondary N) is 1. The zero-order valence-corrected chi connectivity index (χ0v) is 5.60. The van der Waals surface area contributed by atoms with E-state index in [2.05, 4.69) is 9.97 Å². The average Bonchev–Trinajstić information content (AvgIpc) is 2.24. The molecular weight excluding hydrogens is 100 g/mol. The number of aryl methyl sites for hydroxylation is 1. The van der Waals surface area contributed by atoms with Gasteiger partial charge in [0.2, 0.25) is 0 Å².